The van der Waals surface area contributed by atoms with Crippen LogP contribution in [0.15, 0.2) is 157 Å². The van der Waals surface area contributed by atoms with Crippen LogP contribution in [0.2, 0.25) is 0 Å². The molecule has 0 spiro atoms. The van der Waals surface area contributed by atoms with Gasteiger partial charge in [-0.15, -0.1) is 0 Å². The molecule has 6 aromatic carbocycles. The molecule has 0 atom stereocenters. The van der Waals surface area contributed by atoms with E-state index in [-0.39, 0.29) is 5.56 Å². The molecule has 0 radical (unpaired) electrons. The highest BCUT2D eigenvalue weighted by Gasteiger charge is 2.16. The molecule has 2 heterocycles. The SMILES string of the molecule is Cc1cn(-c2ccccc2)c(=O)c2ccc(-n3c4ccc(-c5ccccc5)cc4c4cc(-c5ccccc5)ccc43)cc12. The molecule has 0 saturated heterocycles. The lowest BCUT2D eigenvalue weighted by Crippen LogP contribution is -2.18. The van der Waals surface area contributed by atoms with Crippen LogP contribution in [0.25, 0.3) is 66.2 Å². The number of fused-ring (bicyclic) bond motifs is 4. The molecule has 3 nitrogen and oxygen atoms in total. The summed E-state index contributed by atoms with van der Waals surface area (Å²) in [5, 5.41) is 4.08. The van der Waals surface area contributed by atoms with E-state index in [0.717, 1.165) is 33.4 Å². The maximum absolute atomic E-state index is 13.6. The number of aromatic nitrogens is 2. The average molecular weight is 553 g/mol. The highest BCUT2D eigenvalue weighted by atomic mass is 16.1. The molecule has 0 fully saturated rings. The Balaban J connectivity index is 1.38. The number of para-hydroxylation sites is 1. The largest absolute Gasteiger partial charge is 0.309 e. The first-order valence-corrected chi connectivity index (χ1v) is 14.6. The summed E-state index contributed by atoms with van der Waals surface area (Å²) >= 11 is 0. The average Bonchev–Trinajstić information content (AvgIpc) is 3.40. The van der Waals surface area contributed by atoms with Crippen LogP contribution in [0.1, 0.15) is 5.56 Å². The maximum atomic E-state index is 13.6. The van der Waals surface area contributed by atoms with Crippen LogP contribution in [0.4, 0.5) is 0 Å². The van der Waals surface area contributed by atoms with Crippen molar-refractivity contribution >= 4 is 32.6 Å². The normalized spacial score (nSPS) is 11.5. The predicted molar refractivity (Wildman–Crippen MR) is 179 cm³/mol. The van der Waals surface area contributed by atoms with E-state index in [0.29, 0.717) is 5.39 Å². The Labute approximate surface area is 249 Å². The Morgan fingerprint density at radius 2 is 0.977 bits per heavy atom. The lowest BCUT2D eigenvalue weighted by Gasteiger charge is -2.13. The monoisotopic (exact) mass is 552 g/mol. The van der Waals surface area contributed by atoms with E-state index >= 15 is 0 Å². The highest BCUT2D eigenvalue weighted by Crippen LogP contribution is 2.37. The maximum Gasteiger partial charge on any atom is 0.262 e. The van der Waals surface area contributed by atoms with E-state index in [2.05, 4.69) is 121 Å². The van der Waals surface area contributed by atoms with Crippen LogP contribution in [0.3, 0.4) is 0 Å². The molecule has 204 valence electrons. The third-order valence-electron chi connectivity index (χ3n) is 8.47. The zero-order valence-electron chi connectivity index (χ0n) is 23.7. The minimum absolute atomic E-state index is 0.0134. The lowest BCUT2D eigenvalue weighted by atomic mass is 10.0. The van der Waals surface area contributed by atoms with Gasteiger partial charge in [0.1, 0.15) is 0 Å². The van der Waals surface area contributed by atoms with Gasteiger partial charge in [-0.1, -0.05) is 91.0 Å². The van der Waals surface area contributed by atoms with Crippen LogP contribution >= 0.6 is 0 Å². The summed E-state index contributed by atoms with van der Waals surface area (Å²) in [4.78, 5) is 13.6. The summed E-state index contributed by atoms with van der Waals surface area (Å²) in [6.45, 7) is 2.08. The summed E-state index contributed by atoms with van der Waals surface area (Å²) < 4.78 is 4.07. The molecule has 8 rings (SSSR count). The summed E-state index contributed by atoms with van der Waals surface area (Å²) in [7, 11) is 0. The van der Waals surface area contributed by atoms with Crippen molar-refractivity contribution < 1.29 is 0 Å². The van der Waals surface area contributed by atoms with Crippen LogP contribution in [0.5, 0.6) is 0 Å². The summed E-state index contributed by atoms with van der Waals surface area (Å²) in [5.41, 5.74) is 9.98. The first-order valence-electron chi connectivity index (χ1n) is 14.6. The number of hydrogen-bond donors (Lipinski definition) is 0. The molecule has 43 heavy (non-hydrogen) atoms. The summed E-state index contributed by atoms with van der Waals surface area (Å²) in [6.07, 6.45) is 1.95. The Morgan fingerprint density at radius 3 is 1.53 bits per heavy atom. The van der Waals surface area contributed by atoms with Gasteiger partial charge >= 0.3 is 0 Å². The standard InChI is InChI=1S/C40H28N2O/c1-27-26-41(32-15-9-4-10-16-32)40(43)34-20-19-33(25-35(27)34)42-38-21-17-30(28-11-5-2-6-12-28)23-36(38)37-24-31(18-22-39(37)42)29-13-7-3-8-14-29/h2-26H,1H3. The van der Waals surface area contributed by atoms with Crippen LogP contribution in [-0.4, -0.2) is 9.13 Å². The molecule has 0 N–H and O–H groups in total. The Kier molecular flexibility index (Phi) is 5.83. The Morgan fingerprint density at radius 1 is 0.442 bits per heavy atom. The Hall–Kier alpha value is -5.67. The van der Waals surface area contributed by atoms with Gasteiger partial charge in [-0.3, -0.25) is 9.36 Å². The van der Waals surface area contributed by atoms with Gasteiger partial charge in [0.25, 0.3) is 5.56 Å². The minimum Gasteiger partial charge on any atom is -0.309 e. The molecule has 3 heteroatoms. The summed E-state index contributed by atoms with van der Waals surface area (Å²) in [6, 6.07) is 50.6. The fourth-order valence-corrected chi connectivity index (χ4v) is 6.34. The molecule has 0 aliphatic carbocycles. The molecule has 0 bridgehead atoms. The molecule has 0 aliphatic heterocycles. The summed E-state index contributed by atoms with van der Waals surface area (Å²) in [5.74, 6) is 0. The molecule has 8 aromatic rings. The molecule has 0 unspecified atom stereocenters. The zero-order valence-corrected chi connectivity index (χ0v) is 23.7. The van der Waals surface area contributed by atoms with Gasteiger partial charge in [0.2, 0.25) is 0 Å². The molecule has 0 amide bonds. The van der Waals surface area contributed by atoms with Gasteiger partial charge in [-0.25, -0.2) is 0 Å². The molecule has 0 aliphatic rings. The van der Waals surface area contributed by atoms with Crippen molar-refractivity contribution in [1.29, 1.82) is 0 Å². The third-order valence-corrected chi connectivity index (χ3v) is 8.47. The molecular formula is C40H28N2O. The van der Waals surface area contributed by atoms with Gasteiger partial charge in [0.05, 0.1) is 11.0 Å². The van der Waals surface area contributed by atoms with Crippen molar-refractivity contribution in [1.82, 2.24) is 9.13 Å². The minimum atomic E-state index is -0.0134. The highest BCUT2D eigenvalue weighted by molar-refractivity contribution is 6.12. The van der Waals surface area contributed by atoms with Gasteiger partial charge in [-0.2, -0.15) is 0 Å². The fraction of sp³-hybridized carbons (Fsp3) is 0.0250. The van der Waals surface area contributed by atoms with E-state index in [1.807, 2.05) is 42.6 Å². The predicted octanol–water partition coefficient (Wildman–Crippen LogP) is 9.73. The number of pyridine rings is 1. The number of hydrogen-bond acceptors (Lipinski definition) is 1. The van der Waals surface area contributed by atoms with E-state index in [4.69, 9.17) is 0 Å². The van der Waals surface area contributed by atoms with Crippen LogP contribution in [-0.2, 0) is 0 Å². The molecule has 0 saturated carbocycles. The van der Waals surface area contributed by atoms with Crippen LogP contribution < -0.4 is 5.56 Å². The van der Waals surface area contributed by atoms with Crippen molar-refractivity contribution in [2.75, 3.05) is 0 Å². The second-order valence-electron chi connectivity index (χ2n) is 11.1. The number of benzene rings is 6. The topological polar surface area (TPSA) is 26.9 Å². The first kappa shape index (κ1) is 25.1. The third kappa shape index (κ3) is 4.17. The van der Waals surface area contributed by atoms with Crippen molar-refractivity contribution in [2.45, 2.75) is 6.92 Å². The molecule has 2 aromatic heterocycles. The second kappa shape index (κ2) is 10.0. The van der Waals surface area contributed by atoms with E-state index in [9.17, 15) is 4.79 Å². The van der Waals surface area contributed by atoms with Crippen molar-refractivity contribution in [3.8, 4) is 33.6 Å². The molecular weight excluding hydrogens is 524 g/mol. The van der Waals surface area contributed by atoms with Gasteiger partial charge in [0, 0.05) is 33.7 Å². The van der Waals surface area contributed by atoms with E-state index in [1.165, 1.54) is 33.0 Å². The van der Waals surface area contributed by atoms with Crippen molar-refractivity contribution in [2.24, 2.45) is 0 Å². The second-order valence-corrected chi connectivity index (χ2v) is 11.1. The van der Waals surface area contributed by atoms with Crippen LogP contribution in [0, 0.1) is 6.92 Å². The van der Waals surface area contributed by atoms with Crippen molar-refractivity contribution in [3.63, 3.8) is 0 Å². The van der Waals surface area contributed by atoms with Gasteiger partial charge in [0.15, 0.2) is 0 Å². The number of nitrogens with zero attached hydrogens (tertiary/aromatic N) is 2. The lowest BCUT2D eigenvalue weighted by molar-refractivity contribution is 0.996. The Bertz CT molecular complexity index is 2250. The number of rotatable bonds is 4. The fourth-order valence-electron chi connectivity index (χ4n) is 6.34. The van der Waals surface area contributed by atoms with E-state index in [1.54, 1.807) is 4.57 Å². The smallest absolute Gasteiger partial charge is 0.262 e. The zero-order chi connectivity index (χ0) is 28.9. The van der Waals surface area contributed by atoms with E-state index < -0.39 is 0 Å². The quantitative estimate of drug-likeness (QED) is 0.213. The van der Waals surface area contributed by atoms with Gasteiger partial charge in [-0.05, 0) is 94.7 Å². The van der Waals surface area contributed by atoms with Crippen molar-refractivity contribution in [3.05, 3.63) is 168 Å². The first-order chi connectivity index (χ1) is 21.2. The number of aryl methyl sites for hydroxylation is 1. The van der Waals surface area contributed by atoms with Gasteiger partial charge < -0.3 is 4.57 Å².